The Morgan fingerprint density at radius 1 is 0.897 bits per heavy atom. The van der Waals surface area contributed by atoms with Crippen molar-refractivity contribution in [2.24, 2.45) is 5.10 Å². The van der Waals surface area contributed by atoms with Gasteiger partial charge in [0.05, 0.1) is 6.21 Å². The van der Waals surface area contributed by atoms with Crippen molar-refractivity contribution in [3.63, 3.8) is 0 Å². The molecule has 0 aliphatic heterocycles. The van der Waals surface area contributed by atoms with E-state index in [9.17, 15) is 4.79 Å². The van der Waals surface area contributed by atoms with Gasteiger partial charge in [-0.25, -0.2) is 4.57 Å². The number of nitrogens with zero attached hydrogens (tertiary/aromatic N) is 3. The number of anilines is 1. The molecule has 0 radical (unpaired) electrons. The van der Waals surface area contributed by atoms with Crippen LogP contribution in [0.3, 0.4) is 0 Å². The van der Waals surface area contributed by atoms with Crippen LogP contribution < -0.4 is 10.3 Å². The number of benzene rings is 3. The molecule has 4 rings (SSSR count). The van der Waals surface area contributed by atoms with Crippen LogP contribution in [0.5, 0.6) is 0 Å². The van der Waals surface area contributed by atoms with Gasteiger partial charge < -0.3 is 0 Å². The van der Waals surface area contributed by atoms with E-state index in [2.05, 4.69) is 5.10 Å². The van der Waals surface area contributed by atoms with Crippen molar-refractivity contribution in [3.05, 3.63) is 108 Å². The first-order chi connectivity index (χ1) is 14.2. The monoisotopic (exact) mass is 381 g/mol. The molecule has 0 aliphatic carbocycles. The van der Waals surface area contributed by atoms with Crippen LogP contribution in [-0.2, 0) is 6.54 Å². The minimum Gasteiger partial charge on any atom is -0.291 e. The van der Waals surface area contributed by atoms with E-state index in [0.29, 0.717) is 11.5 Å². The Bertz CT molecular complexity index is 1130. The highest BCUT2D eigenvalue weighted by molar-refractivity contribution is 5.95. The molecule has 2 N–H and O–H groups in total. The summed E-state index contributed by atoms with van der Waals surface area (Å²) in [6, 6.07) is 28.9. The molecular weight excluding hydrogens is 360 g/mol. The molecule has 4 aromatic rings. The Morgan fingerprint density at radius 3 is 2.14 bits per heavy atom. The van der Waals surface area contributed by atoms with E-state index in [4.69, 9.17) is 5.73 Å². The third-order valence-corrected chi connectivity index (χ3v) is 4.64. The van der Waals surface area contributed by atoms with Gasteiger partial charge in [-0.3, -0.25) is 10.5 Å². The lowest BCUT2D eigenvalue weighted by atomic mass is 10.1. The molecule has 29 heavy (non-hydrogen) atoms. The van der Waals surface area contributed by atoms with Gasteiger partial charge in [-0.15, -0.1) is 9.78 Å². The summed E-state index contributed by atoms with van der Waals surface area (Å²) >= 11 is 0. The Kier molecular flexibility index (Phi) is 5.29. The summed E-state index contributed by atoms with van der Waals surface area (Å²) in [5.74, 6) is 0.379. The first-order valence-corrected chi connectivity index (χ1v) is 9.36. The smallest absolute Gasteiger partial charge is 0.291 e. The van der Waals surface area contributed by atoms with Gasteiger partial charge in [0.1, 0.15) is 18.4 Å². The van der Waals surface area contributed by atoms with E-state index in [1.165, 1.54) is 0 Å². The number of rotatable bonds is 6. The Labute approximate surface area is 169 Å². The molecule has 1 aromatic heterocycles. The first kappa shape index (κ1) is 18.4. The van der Waals surface area contributed by atoms with E-state index in [-0.39, 0.29) is 12.3 Å². The molecule has 142 valence electrons. The quantitative estimate of drug-likeness (QED) is 0.314. The van der Waals surface area contributed by atoms with Crippen molar-refractivity contribution in [3.8, 4) is 11.3 Å². The summed E-state index contributed by atoms with van der Waals surface area (Å²) in [6.07, 6.45) is 3.59. The van der Waals surface area contributed by atoms with Gasteiger partial charge in [0, 0.05) is 11.1 Å². The normalized spacial score (nSPS) is 11.0. The van der Waals surface area contributed by atoms with Crippen LogP contribution in [0.2, 0.25) is 0 Å². The number of Topliss-reactive ketones (excluding diaryl/α,β-unsaturated/α-hetero) is 1. The van der Waals surface area contributed by atoms with Crippen LogP contribution >= 0.6 is 0 Å². The molecule has 5 nitrogen and oxygen atoms in total. The van der Waals surface area contributed by atoms with Crippen LogP contribution in [0.1, 0.15) is 15.9 Å². The van der Waals surface area contributed by atoms with Gasteiger partial charge in [0.2, 0.25) is 0 Å². The predicted octanol–water partition coefficient (Wildman–Crippen LogP) is 3.79. The van der Waals surface area contributed by atoms with Crippen LogP contribution in [0.4, 0.5) is 5.95 Å². The number of hydrogen-bond donors (Lipinski definition) is 1. The molecule has 0 aliphatic rings. The van der Waals surface area contributed by atoms with Crippen LogP contribution in [-0.4, -0.2) is 16.7 Å². The number of hydrogen-bond acceptors (Lipinski definition) is 3. The summed E-state index contributed by atoms with van der Waals surface area (Å²) in [7, 11) is 0. The van der Waals surface area contributed by atoms with Gasteiger partial charge in [0.15, 0.2) is 5.78 Å². The largest absolute Gasteiger partial charge is 0.380 e. The number of carbonyl (C=O) groups excluding carboxylic acids is 1. The van der Waals surface area contributed by atoms with Gasteiger partial charge in [-0.05, 0) is 5.56 Å². The van der Waals surface area contributed by atoms with Gasteiger partial charge >= 0.3 is 5.95 Å². The fourth-order valence-corrected chi connectivity index (χ4v) is 3.12. The molecule has 0 spiro atoms. The zero-order chi connectivity index (χ0) is 20.1. The maximum Gasteiger partial charge on any atom is 0.380 e. The van der Waals surface area contributed by atoms with E-state index in [1.807, 2.05) is 97.2 Å². The second-order valence-electron chi connectivity index (χ2n) is 6.61. The molecule has 0 saturated heterocycles. The highest BCUT2D eigenvalue weighted by Gasteiger charge is 2.23. The zero-order valence-electron chi connectivity index (χ0n) is 15.8. The van der Waals surface area contributed by atoms with E-state index in [1.54, 1.807) is 15.5 Å². The second-order valence-corrected chi connectivity index (χ2v) is 6.61. The van der Waals surface area contributed by atoms with E-state index < -0.39 is 0 Å². The number of carbonyl (C=O) groups is 1. The summed E-state index contributed by atoms with van der Waals surface area (Å²) in [6.45, 7) is 0.133. The lowest BCUT2D eigenvalue weighted by Gasteiger charge is -2.04. The summed E-state index contributed by atoms with van der Waals surface area (Å²) in [4.78, 5) is 12.8. The summed E-state index contributed by atoms with van der Waals surface area (Å²) in [5, 5.41) is 4.50. The standard InChI is InChI=1S/C24H20N4O/c25-24-27(18-23(29)21-14-8-3-9-15-21)22(20-12-6-2-7-13-20)17-28(24)26-16-19-10-4-1-5-11-19/h1-17,25H,18H2/p+1. The fourth-order valence-electron chi connectivity index (χ4n) is 3.12. The van der Waals surface area contributed by atoms with Crippen molar-refractivity contribution >= 4 is 17.9 Å². The number of nitrogen functional groups attached to an aromatic ring is 1. The molecule has 1 heterocycles. The molecule has 0 unspecified atom stereocenters. The SMILES string of the molecule is Nc1n(N=Cc2ccccc2)cc(-c2ccccc2)[n+]1CC(=O)c1ccccc1. The predicted molar refractivity (Wildman–Crippen MR) is 115 cm³/mol. The molecular formula is C24H21N4O+. The summed E-state index contributed by atoms with van der Waals surface area (Å²) < 4.78 is 3.40. The Hall–Kier alpha value is -3.99. The lowest BCUT2D eigenvalue weighted by molar-refractivity contribution is -0.657. The van der Waals surface area contributed by atoms with Crippen molar-refractivity contribution < 1.29 is 9.36 Å². The fraction of sp³-hybridized carbons (Fsp3) is 0.0417. The van der Waals surface area contributed by atoms with Crippen molar-refractivity contribution in [1.82, 2.24) is 4.68 Å². The minimum atomic E-state index is -0.00994. The lowest BCUT2D eigenvalue weighted by Crippen LogP contribution is -2.41. The van der Waals surface area contributed by atoms with Crippen LogP contribution in [0, 0.1) is 0 Å². The maximum absolute atomic E-state index is 12.8. The average molecular weight is 381 g/mol. The number of ketones is 1. The molecule has 0 atom stereocenters. The second kappa shape index (κ2) is 8.35. The van der Waals surface area contributed by atoms with Gasteiger partial charge in [-0.2, -0.15) is 0 Å². The van der Waals surface area contributed by atoms with Gasteiger partial charge in [-0.1, -0.05) is 91.0 Å². The molecule has 3 aromatic carbocycles. The minimum absolute atomic E-state index is 0.00994. The van der Waals surface area contributed by atoms with Crippen LogP contribution in [0.15, 0.2) is 102 Å². The average Bonchev–Trinajstić information content (AvgIpc) is 3.09. The Balaban J connectivity index is 1.73. The van der Waals surface area contributed by atoms with Crippen molar-refractivity contribution in [2.45, 2.75) is 6.54 Å². The van der Waals surface area contributed by atoms with Crippen molar-refractivity contribution in [1.29, 1.82) is 0 Å². The zero-order valence-corrected chi connectivity index (χ0v) is 15.8. The highest BCUT2D eigenvalue weighted by Crippen LogP contribution is 2.18. The topological polar surface area (TPSA) is 64.3 Å². The highest BCUT2D eigenvalue weighted by atomic mass is 16.1. The third-order valence-electron chi connectivity index (χ3n) is 4.64. The molecule has 0 fully saturated rings. The first-order valence-electron chi connectivity index (χ1n) is 9.36. The maximum atomic E-state index is 12.8. The number of imidazole rings is 1. The van der Waals surface area contributed by atoms with Crippen molar-refractivity contribution in [2.75, 3.05) is 5.73 Å². The molecule has 0 saturated carbocycles. The Morgan fingerprint density at radius 2 is 1.48 bits per heavy atom. The summed E-state index contributed by atoms with van der Waals surface area (Å²) in [5.41, 5.74) is 9.81. The number of aromatic nitrogens is 2. The van der Waals surface area contributed by atoms with Gasteiger partial charge in [0.25, 0.3) is 0 Å². The van der Waals surface area contributed by atoms with E-state index in [0.717, 1.165) is 16.8 Å². The molecule has 0 bridgehead atoms. The third kappa shape index (κ3) is 4.14. The molecule has 0 amide bonds. The van der Waals surface area contributed by atoms with Crippen LogP contribution in [0.25, 0.3) is 11.3 Å². The molecule has 5 heteroatoms. The number of nitrogens with two attached hydrogens (primary N) is 1. The van der Waals surface area contributed by atoms with E-state index >= 15 is 0 Å².